The zero-order valence-corrected chi connectivity index (χ0v) is 18.4. The third-order valence-electron chi connectivity index (χ3n) is 1.29. The summed E-state index contributed by atoms with van der Waals surface area (Å²) in [5, 5.41) is 3.68. The lowest BCUT2D eigenvalue weighted by molar-refractivity contribution is 2.07. The maximum atomic E-state index is 3.68. The highest BCUT2D eigenvalue weighted by atomic mass is 31.2. The van der Waals surface area contributed by atoms with Gasteiger partial charge in [-0.2, -0.15) is 0 Å². The standard InChI is InChI=1S/C7H19P2.C7H18P2/c2*1-8(2,3)7-9(4,5)6/h7H,1-6H3;1-6H3/q+1;. The fourth-order valence-corrected chi connectivity index (χ4v) is 17.5. The molecular weight excluding hydrogens is 292 g/mol. The Kier molecular flexibility index (Phi) is 8.91. The summed E-state index contributed by atoms with van der Waals surface area (Å²) in [4.78, 5) is 0. The van der Waals surface area contributed by atoms with Crippen LogP contribution in [-0.2, 0) is 0 Å². The average molecular weight is 329 g/mol. The normalized spacial score (nSPS) is 13.3. The van der Waals surface area contributed by atoms with Gasteiger partial charge in [-0.05, 0) is 60.0 Å². The van der Waals surface area contributed by atoms with Crippen LogP contribution in [0.15, 0.2) is 0 Å². The molecule has 0 bridgehead atoms. The molecule has 0 nitrogen and oxygen atoms in total. The number of hydrogen-bond acceptors (Lipinski definition) is 0. The van der Waals surface area contributed by atoms with Gasteiger partial charge in [0.1, 0.15) is 0 Å². The van der Waals surface area contributed by atoms with Gasteiger partial charge < -0.3 is 0 Å². The lowest BCUT2D eigenvalue weighted by Gasteiger charge is -2.11. The van der Waals surface area contributed by atoms with Crippen molar-refractivity contribution in [2.24, 2.45) is 0 Å². The van der Waals surface area contributed by atoms with Gasteiger partial charge in [0.15, 0.2) is 0 Å². The minimum absolute atomic E-state index is 0.613. The molecule has 112 valence electrons. The van der Waals surface area contributed by atoms with Gasteiger partial charge in [0.05, 0.1) is 25.5 Å². The fourth-order valence-electron chi connectivity index (χ4n) is 1.94. The Balaban J connectivity index is 0. The lowest BCUT2D eigenvalue weighted by atomic mass is 11.8. The molecular formula is C14H37P4+. The van der Waals surface area contributed by atoms with Crippen molar-refractivity contribution in [1.29, 1.82) is 0 Å². The zero-order chi connectivity index (χ0) is 15.4. The van der Waals surface area contributed by atoms with Crippen LogP contribution < -0.4 is 0 Å². The van der Waals surface area contributed by atoms with Gasteiger partial charge in [-0.15, -0.1) is 5.17 Å². The van der Waals surface area contributed by atoms with Crippen molar-refractivity contribution >= 4 is 38.6 Å². The maximum absolute atomic E-state index is 3.68. The van der Waals surface area contributed by atoms with Crippen LogP contribution in [0.5, 0.6) is 0 Å². The molecule has 0 atom stereocenters. The van der Waals surface area contributed by atoms with Crippen LogP contribution in [0.25, 0.3) is 0 Å². The molecule has 0 heterocycles. The summed E-state index contributed by atoms with van der Waals surface area (Å²) >= 11 is 0. The summed E-state index contributed by atoms with van der Waals surface area (Å²) in [7, 11) is -0.613. The lowest BCUT2D eigenvalue weighted by Crippen LogP contribution is -1.87. The van der Waals surface area contributed by atoms with Gasteiger partial charge in [-0.25, -0.2) is 0 Å². The van der Waals surface area contributed by atoms with E-state index < -0.39 is 27.9 Å². The summed E-state index contributed by atoms with van der Waals surface area (Å²) in [5.74, 6) is 0. The monoisotopic (exact) mass is 329 g/mol. The van der Waals surface area contributed by atoms with E-state index in [-0.39, 0.29) is 0 Å². The summed E-state index contributed by atoms with van der Waals surface area (Å²) < 4.78 is 0. The molecule has 0 unspecified atom stereocenters. The van der Waals surface area contributed by atoms with Crippen LogP contribution in [0.3, 0.4) is 0 Å². The molecule has 0 aliphatic heterocycles. The average Bonchev–Trinajstić information content (AvgIpc) is 1.64. The highest BCUT2D eigenvalue weighted by Crippen LogP contribution is 2.51. The maximum Gasteiger partial charge on any atom is 0.0525 e. The van der Waals surface area contributed by atoms with Crippen molar-refractivity contribution in [1.82, 2.24) is 0 Å². The smallest absolute Gasteiger partial charge is 0.0525 e. The van der Waals surface area contributed by atoms with Crippen LogP contribution in [-0.4, -0.2) is 90.7 Å². The van der Waals surface area contributed by atoms with Crippen LogP contribution >= 0.6 is 27.9 Å². The van der Waals surface area contributed by atoms with Gasteiger partial charge in [-0.3, -0.25) is 0 Å². The second-order valence-electron chi connectivity index (χ2n) is 8.47. The van der Waals surface area contributed by atoms with E-state index in [4.69, 9.17) is 0 Å². The van der Waals surface area contributed by atoms with Crippen molar-refractivity contribution < 1.29 is 0 Å². The Morgan fingerprint density at radius 1 is 0.667 bits per heavy atom. The molecule has 0 aliphatic rings. The van der Waals surface area contributed by atoms with Crippen molar-refractivity contribution in [3.05, 3.63) is 0 Å². The molecule has 18 heavy (non-hydrogen) atoms. The highest BCUT2D eigenvalue weighted by Gasteiger charge is 2.14. The van der Waals surface area contributed by atoms with Crippen molar-refractivity contribution in [3.63, 3.8) is 0 Å². The first-order valence-corrected chi connectivity index (χ1v) is 19.0. The summed E-state index contributed by atoms with van der Waals surface area (Å²) in [5.41, 5.74) is 2.60. The van der Waals surface area contributed by atoms with Gasteiger partial charge in [0.25, 0.3) is 0 Å². The predicted molar refractivity (Wildman–Crippen MR) is 110 cm³/mol. The highest BCUT2D eigenvalue weighted by molar-refractivity contribution is 8.00. The van der Waals surface area contributed by atoms with Crippen molar-refractivity contribution in [2.45, 2.75) is 0 Å². The van der Waals surface area contributed by atoms with Gasteiger partial charge >= 0.3 is 0 Å². The molecule has 0 spiro atoms. The molecule has 0 aromatic carbocycles. The van der Waals surface area contributed by atoms with E-state index in [0.717, 1.165) is 0 Å². The quantitative estimate of drug-likeness (QED) is 0.594. The van der Waals surface area contributed by atoms with Crippen LogP contribution in [0.1, 0.15) is 0 Å². The minimum atomic E-state index is -0.738. The molecule has 0 aromatic rings. The van der Waals surface area contributed by atoms with E-state index in [2.05, 4.69) is 90.7 Å². The fraction of sp³-hybridized carbons (Fsp3) is 0.857. The van der Waals surface area contributed by atoms with Gasteiger partial charge in [-0.1, -0.05) is 20.7 Å². The molecule has 0 radical (unpaired) electrons. The van der Waals surface area contributed by atoms with E-state index in [9.17, 15) is 0 Å². The van der Waals surface area contributed by atoms with E-state index in [1.165, 1.54) is 0 Å². The topological polar surface area (TPSA) is 0 Å². The van der Waals surface area contributed by atoms with Crippen molar-refractivity contribution in [2.75, 3.05) is 80.0 Å². The number of hydrogen-bond donors (Lipinski definition) is 0. The van der Waals surface area contributed by atoms with Gasteiger partial charge in [0.2, 0.25) is 0 Å². The Bertz CT molecular complexity index is 366. The van der Waals surface area contributed by atoms with E-state index in [1.54, 1.807) is 0 Å². The molecule has 0 saturated heterocycles. The molecule has 4 heteroatoms. The van der Waals surface area contributed by atoms with Crippen LogP contribution in [0, 0.1) is 0 Å². The number of rotatable bonds is 1. The van der Waals surface area contributed by atoms with Crippen LogP contribution in [0.4, 0.5) is 0 Å². The Morgan fingerprint density at radius 2 is 0.944 bits per heavy atom. The largest absolute Gasteiger partial charge is 0.134 e. The summed E-state index contributed by atoms with van der Waals surface area (Å²) in [6.07, 6.45) is 0. The van der Waals surface area contributed by atoms with Gasteiger partial charge in [0, 0.05) is 7.26 Å². The molecule has 0 saturated carbocycles. The molecule has 0 N–H and O–H groups in total. The van der Waals surface area contributed by atoms with Crippen molar-refractivity contribution in [3.8, 4) is 0 Å². The molecule has 0 aromatic heterocycles. The first kappa shape index (κ1) is 21.7. The van der Waals surface area contributed by atoms with Crippen LogP contribution in [0.2, 0.25) is 0 Å². The third kappa shape index (κ3) is 26.0. The first-order valence-electron chi connectivity index (χ1n) is 6.33. The Morgan fingerprint density at radius 3 is 0.944 bits per heavy atom. The van der Waals surface area contributed by atoms with E-state index in [1.807, 2.05) is 0 Å². The second-order valence-corrected chi connectivity index (χ2v) is 26.7. The molecule has 0 aliphatic carbocycles. The summed E-state index contributed by atoms with van der Waals surface area (Å²) in [6, 6.07) is 0. The minimum Gasteiger partial charge on any atom is -0.134 e. The molecule has 0 rings (SSSR count). The summed E-state index contributed by atoms with van der Waals surface area (Å²) in [6.45, 7) is 26.1. The third-order valence-corrected chi connectivity index (χ3v) is 11.6. The first-order chi connectivity index (χ1) is 7.41. The SMILES string of the molecule is CP(C)(C)=C=P(C)(C)C.CP(C)(C)=C[P+](C)(C)C. The predicted octanol–water partition coefficient (Wildman–Crippen LogP) is 5.00. The Hall–Kier alpha value is 1.37. The molecule has 0 amide bonds. The molecule has 0 fully saturated rings. The second kappa shape index (κ2) is 7.40. The van der Waals surface area contributed by atoms with E-state index >= 15 is 0 Å². The Labute approximate surface area is 119 Å². The zero-order valence-electron chi connectivity index (χ0n) is 14.9. The van der Waals surface area contributed by atoms with E-state index in [0.29, 0.717) is 0 Å².